The van der Waals surface area contributed by atoms with Crippen LogP contribution in [0, 0.1) is 5.92 Å². The van der Waals surface area contributed by atoms with Crippen molar-refractivity contribution < 1.29 is 4.79 Å². The topological polar surface area (TPSA) is 25.2 Å². The largest absolute Gasteiger partial charge is 0.345 e. The summed E-state index contributed by atoms with van der Waals surface area (Å²) in [5, 5.41) is 0. The Morgan fingerprint density at radius 1 is 0.966 bits per heavy atom. The highest BCUT2D eigenvalue weighted by Gasteiger charge is 2.47. The summed E-state index contributed by atoms with van der Waals surface area (Å²) in [6.45, 7) is 7.87. The molecular weight excluding hydrogens is 356 g/mol. The van der Waals surface area contributed by atoms with Gasteiger partial charge in [-0.1, -0.05) is 60.7 Å². The molecule has 0 N–H and O–H groups in total. The van der Waals surface area contributed by atoms with Crippen molar-refractivity contribution in [1.29, 1.82) is 0 Å². The third-order valence-corrected chi connectivity index (χ3v) is 5.85. The number of aromatic nitrogens is 1. The van der Waals surface area contributed by atoms with Gasteiger partial charge in [0.1, 0.15) is 0 Å². The van der Waals surface area contributed by atoms with E-state index < -0.39 is 0 Å². The number of amides is 1. The number of benzene rings is 2. The van der Waals surface area contributed by atoms with E-state index in [0.717, 1.165) is 13.0 Å². The molecule has 1 aromatic heterocycles. The van der Waals surface area contributed by atoms with Gasteiger partial charge in [0.2, 0.25) is 5.91 Å². The highest BCUT2D eigenvalue weighted by atomic mass is 16.2. The lowest BCUT2D eigenvalue weighted by atomic mass is 10.0. The molecule has 0 spiro atoms. The molecule has 1 saturated carbocycles. The summed E-state index contributed by atoms with van der Waals surface area (Å²) in [6, 6.07) is 25.1. The molecule has 0 aliphatic heterocycles. The third-order valence-electron chi connectivity index (χ3n) is 5.85. The van der Waals surface area contributed by atoms with E-state index in [1.165, 1.54) is 16.8 Å². The van der Waals surface area contributed by atoms with Crippen LogP contribution in [0.1, 0.15) is 49.9 Å². The molecule has 1 fully saturated rings. The molecule has 2 aromatic carbocycles. The summed E-state index contributed by atoms with van der Waals surface area (Å²) in [5.74, 6) is 0.748. The lowest BCUT2D eigenvalue weighted by molar-refractivity contribution is -0.138. The summed E-state index contributed by atoms with van der Waals surface area (Å²) in [7, 11) is 0. The van der Waals surface area contributed by atoms with Crippen LogP contribution in [0.3, 0.4) is 0 Å². The van der Waals surface area contributed by atoms with Crippen molar-refractivity contribution in [3.05, 3.63) is 95.8 Å². The Morgan fingerprint density at radius 2 is 1.62 bits per heavy atom. The van der Waals surface area contributed by atoms with E-state index in [0.29, 0.717) is 12.5 Å². The molecule has 0 saturated heterocycles. The van der Waals surface area contributed by atoms with Gasteiger partial charge in [-0.15, -0.1) is 0 Å². The molecule has 3 heteroatoms. The number of hydrogen-bond donors (Lipinski definition) is 0. The number of hydrogen-bond acceptors (Lipinski definition) is 1. The average Bonchev–Trinajstić information content (AvgIpc) is 3.40. The smallest absolute Gasteiger partial charge is 0.227 e. The Kier molecular flexibility index (Phi) is 5.31. The van der Waals surface area contributed by atoms with Crippen LogP contribution < -0.4 is 0 Å². The molecule has 29 heavy (non-hydrogen) atoms. The number of nitrogens with zero attached hydrogens (tertiary/aromatic N) is 2. The normalized spacial score (nSPS) is 18.4. The monoisotopic (exact) mass is 386 g/mol. The second-order valence-electron chi connectivity index (χ2n) is 9.07. The summed E-state index contributed by atoms with van der Waals surface area (Å²) >= 11 is 0. The fourth-order valence-corrected chi connectivity index (χ4v) is 4.07. The van der Waals surface area contributed by atoms with Crippen LogP contribution in [0.2, 0.25) is 0 Å². The maximum atomic E-state index is 13.4. The zero-order chi connectivity index (χ0) is 20.4. The van der Waals surface area contributed by atoms with Crippen molar-refractivity contribution in [3.63, 3.8) is 0 Å². The lowest BCUT2D eigenvalue weighted by Gasteiger charge is -2.36. The minimum Gasteiger partial charge on any atom is -0.345 e. The molecule has 1 amide bonds. The molecular formula is C26H30N2O. The van der Waals surface area contributed by atoms with Gasteiger partial charge in [-0.05, 0) is 56.4 Å². The Balaban J connectivity index is 1.51. The van der Waals surface area contributed by atoms with Gasteiger partial charge >= 0.3 is 0 Å². The molecule has 0 radical (unpaired) electrons. The molecule has 1 heterocycles. The quantitative estimate of drug-likeness (QED) is 0.552. The van der Waals surface area contributed by atoms with Crippen LogP contribution in [0.5, 0.6) is 0 Å². The molecule has 3 nitrogen and oxygen atoms in total. The molecule has 4 rings (SSSR count). The van der Waals surface area contributed by atoms with Gasteiger partial charge in [-0.3, -0.25) is 4.79 Å². The van der Waals surface area contributed by atoms with Gasteiger partial charge in [0, 0.05) is 29.9 Å². The van der Waals surface area contributed by atoms with Crippen LogP contribution in [0.25, 0.3) is 0 Å². The first-order valence-electron chi connectivity index (χ1n) is 10.5. The Hall–Kier alpha value is -2.81. The minimum absolute atomic E-state index is 0.106. The summed E-state index contributed by atoms with van der Waals surface area (Å²) in [4.78, 5) is 15.5. The van der Waals surface area contributed by atoms with Crippen molar-refractivity contribution in [3.8, 4) is 0 Å². The molecule has 0 unspecified atom stereocenters. The molecule has 0 bridgehead atoms. The van der Waals surface area contributed by atoms with E-state index in [-0.39, 0.29) is 17.4 Å². The molecule has 3 aromatic rings. The second kappa shape index (κ2) is 7.90. The first-order valence-corrected chi connectivity index (χ1v) is 10.5. The molecule has 1 aliphatic rings. The maximum Gasteiger partial charge on any atom is 0.227 e. The maximum absolute atomic E-state index is 13.4. The second-order valence-corrected chi connectivity index (χ2v) is 9.07. The average molecular weight is 387 g/mol. The zero-order valence-electron chi connectivity index (χ0n) is 17.6. The predicted molar refractivity (Wildman–Crippen MR) is 118 cm³/mol. The third kappa shape index (κ3) is 4.45. The van der Waals surface area contributed by atoms with Crippen molar-refractivity contribution >= 4 is 5.91 Å². The van der Waals surface area contributed by atoms with Gasteiger partial charge in [-0.2, -0.15) is 0 Å². The van der Waals surface area contributed by atoms with E-state index in [4.69, 9.17) is 0 Å². The van der Waals surface area contributed by atoms with Crippen LogP contribution in [-0.2, 0) is 17.9 Å². The van der Waals surface area contributed by atoms with E-state index in [1.54, 1.807) is 0 Å². The predicted octanol–water partition coefficient (Wildman–Crippen LogP) is 5.47. The Bertz CT molecular complexity index is 953. The number of carbonyl (C=O) groups excluding carboxylic acids is 1. The SMILES string of the molecule is CC(C)(C)N(Cc1cccn1Cc1ccccc1)C(=O)[C@H]1C[C@H]1c1ccccc1. The Labute approximate surface area is 174 Å². The number of carbonyl (C=O) groups is 1. The highest BCUT2D eigenvalue weighted by molar-refractivity contribution is 5.83. The molecule has 1 aliphatic carbocycles. The zero-order valence-corrected chi connectivity index (χ0v) is 17.6. The van der Waals surface area contributed by atoms with Crippen molar-refractivity contribution in [2.45, 2.75) is 51.7 Å². The van der Waals surface area contributed by atoms with E-state index in [1.807, 2.05) is 12.1 Å². The van der Waals surface area contributed by atoms with Crippen molar-refractivity contribution in [2.75, 3.05) is 0 Å². The van der Waals surface area contributed by atoms with Crippen LogP contribution in [0.4, 0.5) is 0 Å². The van der Waals surface area contributed by atoms with Crippen molar-refractivity contribution in [2.24, 2.45) is 5.92 Å². The molecule has 150 valence electrons. The highest BCUT2D eigenvalue weighted by Crippen LogP contribution is 2.49. The minimum atomic E-state index is -0.219. The van der Waals surface area contributed by atoms with E-state index >= 15 is 0 Å². The Morgan fingerprint density at radius 3 is 2.28 bits per heavy atom. The van der Waals surface area contributed by atoms with Gasteiger partial charge in [0.25, 0.3) is 0 Å². The first kappa shape index (κ1) is 19.5. The van der Waals surface area contributed by atoms with Gasteiger partial charge in [0.15, 0.2) is 0 Å². The van der Waals surface area contributed by atoms with Crippen LogP contribution in [-0.4, -0.2) is 20.9 Å². The van der Waals surface area contributed by atoms with Crippen LogP contribution >= 0.6 is 0 Å². The lowest BCUT2D eigenvalue weighted by Crippen LogP contribution is -2.46. The van der Waals surface area contributed by atoms with Crippen LogP contribution in [0.15, 0.2) is 79.0 Å². The van der Waals surface area contributed by atoms with Gasteiger partial charge in [0.05, 0.1) is 6.54 Å². The standard InChI is InChI=1S/C26H30N2O/c1-26(2,3)28(25(29)24-17-23(24)21-13-8-5-9-14-21)19-22-15-10-16-27(22)18-20-11-6-4-7-12-20/h4-16,23-24H,17-19H2,1-3H3/t23-,24-/m0/s1. The summed E-state index contributed by atoms with van der Waals surface area (Å²) in [5.41, 5.74) is 3.51. The van der Waals surface area contributed by atoms with Crippen molar-refractivity contribution in [1.82, 2.24) is 9.47 Å². The van der Waals surface area contributed by atoms with Gasteiger partial charge in [-0.25, -0.2) is 0 Å². The fourth-order valence-electron chi connectivity index (χ4n) is 4.07. The number of rotatable bonds is 6. The summed E-state index contributed by atoms with van der Waals surface area (Å²) < 4.78 is 2.25. The van der Waals surface area contributed by atoms with E-state index in [2.05, 4.69) is 97.1 Å². The fraction of sp³-hybridized carbons (Fsp3) is 0.346. The van der Waals surface area contributed by atoms with Gasteiger partial charge < -0.3 is 9.47 Å². The first-order chi connectivity index (χ1) is 13.9. The van der Waals surface area contributed by atoms with E-state index in [9.17, 15) is 4.79 Å². The molecule has 2 atom stereocenters. The summed E-state index contributed by atoms with van der Waals surface area (Å²) in [6.07, 6.45) is 3.07.